The average Bonchev–Trinajstić information content (AvgIpc) is 2.23. The molecule has 0 saturated carbocycles. The Morgan fingerprint density at radius 1 is 1.21 bits per heavy atom. The van der Waals surface area contributed by atoms with Crippen LogP contribution in [0.1, 0.15) is 53.9 Å². The van der Waals surface area contributed by atoms with E-state index in [0.29, 0.717) is 5.92 Å². The molecule has 0 atom stereocenters. The third kappa shape index (κ3) is 3.01. The molecule has 1 rings (SSSR count). The lowest BCUT2D eigenvalue weighted by Gasteiger charge is -2.18. The molecule has 0 aliphatic heterocycles. The van der Waals surface area contributed by atoms with Gasteiger partial charge < -0.3 is 0 Å². The molecule has 0 heteroatoms. The van der Waals surface area contributed by atoms with Crippen LogP contribution in [0.2, 0.25) is 0 Å². The molecule has 14 heavy (non-hydrogen) atoms. The molecule has 0 nitrogen and oxygen atoms in total. The summed E-state index contributed by atoms with van der Waals surface area (Å²) in [5.41, 5.74) is 3.53. The zero-order chi connectivity index (χ0) is 10.8. The maximum absolute atomic E-state index is 2.47. The summed E-state index contributed by atoms with van der Waals surface area (Å²) in [6, 6.07) is 0. The van der Waals surface area contributed by atoms with E-state index in [2.05, 4.69) is 46.8 Å². The molecular weight excluding hydrogens is 168 g/mol. The zero-order valence-corrected chi connectivity index (χ0v) is 10.4. The molecule has 1 aliphatic rings. The van der Waals surface area contributed by atoms with Crippen LogP contribution in [0.5, 0.6) is 0 Å². The average molecular weight is 192 g/mol. The quantitative estimate of drug-likeness (QED) is 0.555. The van der Waals surface area contributed by atoms with E-state index in [9.17, 15) is 0 Å². The van der Waals surface area contributed by atoms with Crippen LogP contribution in [0.15, 0.2) is 23.3 Å². The molecule has 0 spiro atoms. The van der Waals surface area contributed by atoms with Crippen molar-refractivity contribution in [1.29, 1.82) is 0 Å². The molecule has 0 heterocycles. The molecule has 0 aromatic rings. The first kappa shape index (κ1) is 11.6. The minimum absolute atomic E-state index is 0.265. The number of hydrogen-bond acceptors (Lipinski definition) is 0. The van der Waals surface area contributed by atoms with E-state index >= 15 is 0 Å². The molecule has 0 radical (unpaired) electrons. The number of rotatable bonds is 2. The van der Waals surface area contributed by atoms with Gasteiger partial charge in [-0.2, -0.15) is 0 Å². The summed E-state index contributed by atoms with van der Waals surface area (Å²) in [5.74, 6) is 0.707. The molecule has 0 bridgehead atoms. The van der Waals surface area contributed by atoms with Crippen LogP contribution in [0.25, 0.3) is 0 Å². The van der Waals surface area contributed by atoms with Gasteiger partial charge in [-0.1, -0.05) is 57.9 Å². The van der Waals surface area contributed by atoms with E-state index in [-0.39, 0.29) is 5.41 Å². The molecule has 0 amide bonds. The zero-order valence-electron chi connectivity index (χ0n) is 10.4. The van der Waals surface area contributed by atoms with Gasteiger partial charge in [0.1, 0.15) is 0 Å². The second kappa shape index (κ2) is 4.33. The van der Waals surface area contributed by atoms with E-state index in [1.54, 1.807) is 11.1 Å². The molecule has 1 aliphatic carbocycles. The van der Waals surface area contributed by atoms with Crippen molar-refractivity contribution >= 4 is 0 Å². The molecular formula is C14H24. The Balaban J connectivity index is 2.90. The smallest absolute Gasteiger partial charge is 0.000986 e. The van der Waals surface area contributed by atoms with Crippen molar-refractivity contribution in [2.45, 2.75) is 53.9 Å². The van der Waals surface area contributed by atoms with Crippen LogP contribution in [0, 0.1) is 11.3 Å². The Hall–Kier alpha value is -0.520. The summed E-state index contributed by atoms with van der Waals surface area (Å²) < 4.78 is 0. The summed E-state index contributed by atoms with van der Waals surface area (Å²) in [6.07, 6.45) is 8.68. The Kier molecular flexibility index (Phi) is 3.58. The van der Waals surface area contributed by atoms with Crippen molar-refractivity contribution in [2.75, 3.05) is 0 Å². The fourth-order valence-corrected chi connectivity index (χ4v) is 2.23. The number of hydrogen-bond donors (Lipinski definition) is 0. The highest BCUT2D eigenvalue weighted by Crippen LogP contribution is 2.33. The normalized spacial score (nSPS) is 21.6. The van der Waals surface area contributed by atoms with Crippen molar-refractivity contribution < 1.29 is 0 Å². The maximum atomic E-state index is 2.47. The van der Waals surface area contributed by atoms with E-state index in [4.69, 9.17) is 0 Å². The highest BCUT2D eigenvalue weighted by atomic mass is 14.2. The Morgan fingerprint density at radius 3 is 2.36 bits per heavy atom. The van der Waals surface area contributed by atoms with Gasteiger partial charge in [0.15, 0.2) is 0 Å². The largest absolute Gasteiger partial charge is 0.0759 e. The SMILES string of the molecule is CCC1=CC(C)(C)C=C(C(C)C)CC1. The fourth-order valence-electron chi connectivity index (χ4n) is 2.23. The molecule has 0 fully saturated rings. The van der Waals surface area contributed by atoms with Crippen LogP contribution in [0.4, 0.5) is 0 Å². The summed E-state index contributed by atoms with van der Waals surface area (Å²) >= 11 is 0. The van der Waals surface area contributed by atoms with Crippen molar-refractivity contribution in [3.05, 3.63) is 23.3 Å². The molecule has 0 aromatic heterocycles. The van der Waals surface area contributed by atoms with Gasteiger partial charge in [0, 0.05) is 5.41 Å². The maximum Gasteiger partial charge on any atom is 0.000986 e. The standard InChI is InChI=1S/C14H24/c1-6-12-7-8-13(11(2)3)10-14(4,5)9-12/h9-11H,6-8H2,1-5H3. The minimum Gasteiger partial charge on any atom is -0.0759 e. The van der Waals surface area contributed by atoms with Crippen molar-refractivity contribution in [1.82, 2.24) is 0 Å². The highest BCUT2D eigenvalue weighted by molar-refractivity contribution is 5.23. The first-order chi connectivity index (χ1) is 6.44. The van der Waals surface area contributed by atoms with Crippen LogP contribution in [-0.2, 0) is 0 Å². The van der Waals surface area contributed by atoms with E-state index in [0.717, 1.165) is 0 Å². The Bertz CT molecular complexity index is 251. The van der Waals surface area contributed by atoms with Gasteiger partial charge in [0.2, 0.25) is 0 Å². The van der Waals surface area contributed by atoms with Crippen molar-refractivity contribution in [2.24, 2.45) is 11.3 Å². The molecule has 0 aromatic carbocycles. The highest BCUT2D eigenvalue weighted by Gasteiger charge is 2.18. The van der Waals surface area contributed by atoms with Gasteiger partial charge in [-0.25, -0.2) is 0 Å². The third-order valence-electron chi connectivity index (χ3n) is 3.06. The third-order valence-corrected chi connectivity index (χ3v) is 3.06. The summed E-state index contributed by atoms with van der Waals surface area (Å²) in [5, 5.41) is 0. The van der Waals surface area contributed by atoms with Crippen LogP contribution in [0.3, 0.4) is 0 Å². The first-order valence-electron chi connectivity index (χ1n) is 5.87. The van der Waals surface area contributed by atoms with Crippen LogP contribution < -0.4 is 0 Å². The van der Waals surface area contributed by atoms with Crippen LogP contribution in [-0.4, -0.2) is 0 Å². The predicted octanol–water partition coefficient (Wildman–Crippen LogP) is 4.73. The minimum atomic E-state index is 0.265. The lowest BCUT2D eigenvalue weighted by molar-refractivity contribution is 0.603. The molecule has 0 unspecified atom stereocenters. The summed E-state index contributed by atoms with van der Waals surface area (Å²) in [6.45, 7) is 11.5. The topological polar surface area (TPSA) is 0 Å². The van der Waals surface area contributed by atoms with Gasteiger partial charge in [-0.3, -0.25) is 0 Å². The van der Waals surface area contributed by atoms with Crippen molar-refractivity contribution in [3.63, 3.8) is 0 Å². The summed E-state index contributed by atoms with van der Waals surface area (Å²) in [7, 11) is 0. The lowest BCUT2D eigenvalue weighted by atomic mass is 9.88. The summed E-state index contributed by atoms with van der Waals surface area (Å²) in [4.78, 5) is 0. The van der Waals surface area contributed by atoms with Gasteiger partial charge in [-0.15, -0.1) is 0 Å². The first-order valence-corrected chi connectivity index (χ1v) is 5.87. The molecule has 0 N–H and O–H groups in total. The monoisotopic (exact) mass is 192 g/mol. The molecule has 0 saturated heterocycles. The van der Waals surface area contributed by atoms with E-state index < -0.39 is 0 Å². The van der Waals surface area contributed by atoms with Gasteiger partial charge in [-0.05, 0) is 25.2 Å². The Labute approximate surface area is 89.1 Å². The second-order valence-electron chi connectivity index (χ2n) is 5.35. The number of allylic oxidation sites excluding steroid dienone is 4. The van der Waals surface area contributed by atoms with Crippen molar-refractivity contribution in [3.8, 4) is 0 Å². The van der Waals surface area contributed by atoms with E-state index in [1.807, 2.05) is 0 Å². The second-order valence-corrected chi connectivity index (χ2v) is 5.35. The predicted molar refractivity (Wildman–Crippen MR) is 64.3 cm³/mol. The Morgan fingerprint density at radius 2 is 1.86 bits per heavy atom. The van der Waals surface area contributed by atoms with Gasteiger partial charge >= 0.3 is 0 Å². The van der Waals surface area contributed by atoms with Crippen LogP contribution >= 0.6 is 0 Å². The molecule has 80 valence electrons. The lowest BCUT2D eigenvalue weighted by Crippen LogP contribution is -2.05. The van der Waals surface area contributed by atoms with Gasteiger partial charge in [0.25, 0.3) is 0 Å². The van der Waals surface area contributed by atoms with Gasteiger partial charge in [0.05, 0.1) is 0 Å². The fraction of sp³-hybridized carbons (Fsp3) is 0.714. The van der Waals surface area contributed by atoms with E-state index in [1.165, 1.54) is 19.3 Å².